The van der Waals surface area contributed by atoms with Crippen LogP contribution < -0.4 is 10.6 Å². The molecular weight excluding hydrogens is 298 g/mol. The minimum atomic E-state index is 0.190. The summed E-state index contributed by atoms with van der Waals surface area (Å²) in [5.41, 5.74) is 3.11. The van der Waals surface area contributed by atoms with Crippen LogP contribution >= 0.6 is 0 Å². The molecule has 1 atom stereocenters. The Labute approximate surface area is 143 Å². The second-order valence-electron chi connectivity index (χ2n) is 7.00. The van der Waals surface area contributed by atoms with Crippen molar-refractivity contribution in [3.8, 4) is 0 Å². The van der Waals surface area contributed by atoms with Gasteiger partial charge >= 0.3 is 0 Å². The van der Waals surface area contributed by atoms with E-state index in [0.717, 1.165) is 26.2 Å². The van der Waals surface area contributed by atoms with Crippen LogP contribution in [0.3, 0.4) is 0 Å². The van der Waals surface area contributed by atoms with Crippen molar-refractivity contribution < 1.29 is 0 Å². The monoisotopic (exact) mass is 323 g/mol. The third-order valence-corrected chi connectivity index (χ3v) is 5.28. The highest BCUT2D eigenvalue weighted by atomic mass is 15.3. The fraction of sp³-hybridized carbons (Fsp3) is 0.474. The van der Waals surface area contributed by atoms with Crippen LogP contribution in [-0.4, -0.2) is 40.0 Å². The van der Waals surface area contributed by atoms with E-state index in [2.05, 4.69) is 56.7 Å². The summed E-state index contributed by atoms with van der Waals surface area (Å²) in [5, 5.41) is 6.88. The van der Waals surface area contributed by atoms with E-state index in [-0.39, 0.29) is 6.04 Å². The zero-order valence-corrected chi connectivity index (χ0v) is 14.2. The average Bonchev–Trinajstić information content (AvgIpc) is 3.39. The van der Waals surface area contributed by atoms with Gasteiger partial charge in [-0.15, -0.1) is 0 Å². The number of anilines is 1. The molecule has 2 heterocycles. The Morgan fingerprint density at radius 2 is 1.96 bits per heavy atom. The van der Waals surface area contributed by atoms with Gasteiger partial charge in [0.2, 0.25) is 5.95 Å². The van der Waals surface area contributed by atoms with E-state index in [1.807, 2.05) is 6.07 Å². The minimum absolute atomic E-state index is 0.190. The molecule has 0 bridgehead atoms. The van der Waals surface area contributed by atoms with Gasteiger partial charge in [-0.2, -0.15) is 0 Å². The Bertz CT molecular complexity index is 666. The fourth-order valence-electron chi connectivity index (χ4n) is 3.55. The van der Waals surface area contributed by atoms with Gasteiger partial charge in [0, 0.05) is 44.1 Å². The molecule has 2 fully saturated rings. The standard InChI is InChI=1S/C19H25N5/c1-15(23-18-21-9-2-10-22-18)17-5-3-16(4-6-17)13-24-12-11-20-14-19(24)7-8-19/h2-6,9-10,15,20H,7-8,11-14H2,1H3,(H,21,22,23)/t15-/m0/s1. The van der Waals surface area contributed by atoms with Gasteiger partial charge < -0.3 is 10.6 Å². The highest BCUT2D eigenvalue weighted by Gasteiger charge is 2.48. The van der Waals surface area contributed by atoms with E-state index in [1.54, 1.807) is 12.4 Å². The Hall–Kier alpha value is -1.98. The Kier molecular flexibility index (Phi) is 4.21. The first-order valence-corrected chi connectivity index (χ1v) is 8.83. The zero-order chi connectivity index (χ0) is 16.4. The van der Waals surface area contributed by atoms with Crippen LogP contribution in [0.25, 0.3) is 0 Å². The van der Waals surface area contributed by atoms with Crippen LogP contribution in [0.4, 0.5) is 5.95 Å². The summed E-state index contributed by atoms with van der Waals surface area (Å²) in [6.07, 6.45) is 6.20. The number of benzene rings is 1. The summed E-state index contributed by atoms with van der Waals surface area (Å²) >= 11 is 0. The molecule has 126 valence electrons. The molecular formula is C19H25N5. The number of aromatic nitrogens is 2. The summed E-state index contributed by atoms with van der Waals surface area (Å²) in [6.45, 7) is 6.62. The summed E-state index contributed by atoms with van der Waals surface area (Å²) < 4.78 is 0. The third kappa shape index (κ3) is 3.28. The fourth-order valence-corrected chi connectivity index (χ4v) is 3.55. The minimum Gasteiger partial charge on any atom is -0.348 e. The number of piperazine rings is 1. The number of rotatable bonds is 5. The Balaban J connectivity index is 1.39. The molecule has 24 heavy (non-hydrogen) atoms. The van der Waals surface area contributed by atoms with Crippen molar-refractivity contribution in [1.29, 1.82) is 0 Å². The van der Waals surface area contributed by atoms with E-state index in [4.69, 9.17) is 0 Å². The van der Waals surface area contributed by atoms with Crippen LogP contribution in [0.5, 0.6) is 0 Å². The number of nitrogens with zero attached hydrogens (tertiary/aromatic N) is 3. The average molecular weight is 323 g/mol. The smallest absolute Gasteiger partial charge is 0.223 e. The van der Waals surface area contributed by atoms with Crippen LogP contribution in [-0.2, 0) is 6.54 Å². The van der Waals surface area contributed by atoms with Crippen LogP contribution in [0.1, 0.15) is 36.9 Å². The summed E-state index contributed by atoms with van der Waals surface area (Å²) in [5.74, 6) is 0.672. The molecule has 1 aliphatic carbocycles. The zero-order valence-electron chi connectivity index (χ0n) is 14.2. The lowest BCUT2D eigenvalue weighted by Crippen LogP contribution is -2.52. The first kappa shape index (κ1) is 15.5. The molecule has 5 nitrogen and oxygen atoms in total. The molecule has 2 aromatic rings. The first-order chi connectivity index (χ1) is 11.8. The lowest BCUT2D eigenvalue weighted by molar-refractivity contribution is 0.134. The van der Waals surface area contributed by atoms with Crippen molar-refractivity contribution >= 4 is 5.95 Å². The molecule has 4 rings (SSSR count). The maximum Gasteiger partial charge on any atom is 0.223 e. The summed E-state index contributed by atoms with van der Waals surface area (Å²) in [4.78, 5) is 11.1. The van der Waals surface area contributed by atoms with E-state index in [1.165, 1.54) is 24.0 Å². The predicted octanol–water partition coefficient (Wildman–Crippen LogP) is 2.59. The molecule has 0 radical (unpaired) electrons. The Morgan fingerprint density at radius 3 is 2.67 bits per heavy atom. The van der Waals surface area contributed by atoms with Crippen molar-refractivity contribution in [2.75, 3.05) is 25.0 Å². The lowest BCUT2D eigenvalue weighted by atomic mass is 10.0. The van der Waals surface area contributed by atoms with Crippen molar-refractivity contribution in [3.05, 3.63) is 53.9 Å². The number of nitrogens with one attached hydrogen (secondary N) is 2. The second-order valence-corrected chi connectivity index (χ2v) is 7.00. The van der Waals surface area contributed by atoms with Gasteiger partial charge in [-0.25, -0.2) is 9.97 Å². The molecule has 1 aromatic heterocycles. The SMILES string of the molecule is C[C@H](Nc1ncccn1)c1ccc(CN2CCNCC23CC3)cc1. The summed E-state index contributed by atoms with van der Waals surface area (Å²) in [6, 6.07) is 11.0. The molecule has 1 spiro atoms. The van der Waals surface area contributed by atoms with Crippen molar-refractivity contribution in [1.82, 2.24) is 20.2 Å². The van der Waals surface area contributed by atoms with E-state index in [9.17, 15) is 0 Å². The van der Waals surface area contributed by atoms with Gasteiger partial charge in [-0.3, -0.25) is 4.90 Å². The molecule has 1 aromatic carbocycles. The van der Waals surface area contributed by atoms with Crippen molar-refractivity contribution in [2.24, 2.45) is 0 Å². The van der Waals surface area contributed by atoms with Crippen molar-refractivity contribution in [3.63, 3.8) is 0 Å². The van der Waals surface area contributed by atoms with Gasteiger partial charge in [0.1, 0.15) is 0 Å². The largest absolute Gasteiger partial charge is 0.348 e. The quantitative estimate of drug-likeness (QED) is 0.886. The molecule has 1 saturated carbocycles. The molecule has 2 aliphatic rings. The molecule has 1 aliphatic heterocycles. The number of hydrogen-bond acceptors (Lipinski definition) is 5. The molecule has 0 unspecified atom stereocenters. The summed E-state index contributed by atoms with van der Waals surface area (Å²) in [7, 11) is 0. The van der Waals surface area contributed by atoms with E-state index in [0.29, 0.717) is 11.5 Å². The maximum absolute atomic E-state index is 4.23. The van der Waals surface area contributed by atoms with E-state index < -0.39 is 0 Å². The third-order valence-electron chi connectivity index (χ3n) is 5.28. The topological polar surface area (TPSA) is 53.1 Å². The van der Waals surface area contributed by atoms with Crippen LogP contribution in [0, 0.1) is 0 Å². The van der Waals surface area contributed by atoms with Gasteiger partial charge in [-0.1, -0.05) is 24.3 Å². The lowest BCUT2D eigenvalue weighted by Gasteiger charge is -2.36. The van der Waals surface area contributed by atoms with Gasteiger partial charge in [-0.05, 0) is 37.0 Å². The molecule has 1 saturated heterocycles. The highest BCUT2D eigenvalue weighted by Crippen LogP contribution is 2.43. The van der Waals surface area contributed by atoms with Crippen LogP contribution in [0.2, 0.25) is 0 Å². The highest BCUT2D eigenvalue weighted by molar-refractivity contribution is 5.32. The van der Waals surface area contributed by atoms with Gasteiger partial charge in [0.05, 0.1) is 6.04 Å². The van der Waals surface area contributed by atoms with Gasteiger partial charge in [0.25, 0.3) is 0 Å². The van der Waals surface area contributed by atoms with Gasteiger partial charge in [0.15, 0.2) is 0 Å². The molecule has 0 amide bonds. The van der Waals surface area contributed by atoms with Crippen LogP contribution in [0.15, 0.2) is 42.7 Å². The van der Waals surface area contributed by atoms with Crippen molar-refractivity contribution in [2.45, 2.75) is 37.9 Å². The predicted molar refractivity (Wildman–Crippen MR) is 95.8 cm³/mol. The molecule has 5 heteroatoms. The second kappa shape index (κ2) is 6.49. The van der Waals surface area contributed by atoms with E-state index >= 15 is 0 Å². The maximum atomic E-state index is 4.23. The first-order valence-electron chi connectivity index (χ1n) is 8.83. The number of hydrogen-bond donors (Lipinski definition) is 2. The molecule has 2 N–H and O–H groups in total. The Morgan fingerprint density at radius 1 is 1.21 bits per heavy atom. The normalized spacial score (nSPS) is 20.7.